The number of hydrogen-bond acceptors (Lipinski definition) is 4. The Kier molecular flexibility index (Phi) is 7.50. The third-order valence-corrected chi connectivity index (χ3v) is 6.64. The highest BCUT2D eigenvalue weighted by atomic mass is 19.4. The van der Waals surface area contributed by atoms with E-state index in [2.05, 4.69) is 9.80 Å². The first-order chi connectivity index (χ1) is 15.0. The van der Waals surface area contributed by atoms with Gasteiger partial charge in [-0.2, -0.15) is 13.2 Å². The Hall–Kier alpha value is -2.13. The van der Waals surface area contributed by atoms with Crippen LogP contribution >= 0.6 is 0 Å². The van der Waals surface area contributed by atoms with Crippen LogP contribution in [0.1, 0.15) is 35.2 Å². The molecule has 4 rings (SSSR count). The summed E-state index contributed by atoms with van der Waals surface area (Å²) in [6, 6.07) is 7.98. The molecule has 1 spiro atoms. The molecule has 1 saturated carbocycles. The molecule has 1 aliphatic carbocycles. The van der Waals surface area contributed by atoms with Crippen molar-refractivity contribution in [1.82, 2.24) is 9.80 Å². The summed E-state index contributed by atoms with van der Waals surface area (Å²) in [5.41, 5.74) is 2.20. The minimum Gasteiger partial charge on any atom is -0.475 e. The second kappa shape index (κ2) is 9.79. The summed E-state index contributed by atoms with van der Waals surface area (Å²) in [5.74, 6) is -1.10. The third kappa shape index (κ3) is 6.01. The lowest BCUT2D eigenvalue weighted by molar-refractivity contribution is -0.192. The number of ether oxygens (including phenoxy) is 1. The first kappa shape index (κ1) is 24.5. The number of aliphatic carboxylic acids is 1. The predicted octanol–water partition coefficient (Wildman–Crippen LogP) is 3.45. The molecular weight excluding hydrogens is 425 g/mol. The molecule has 2 saturated heterocycles. The van der Waals surface area contributed by atoms with Crippen molar-refractivity contribution in [2.45, 2.75) is 32.4 Å². The number of carbonyl (C=O) groups excluding carboxylic acids is 1. The molecule has 1 amide bonds. The van der Waals surface area contributed by atoms with Crippen molar-refractivity contribution in [2.24, 2.45) is 17.3 Å². The average molecular weight is 457 g/mol. The van der Waals surface area contributed by atoms with E-state index >= 15 is 0 Å². The highest BCUT2D eigenvalue weighted by Gasteiger charge is 2.51. The fourth-order valence-corrected chi connectivity index (χ4v) is 4.87. The summed E-state index contributed by atoms with van der Waals surface area (Å²) in [7, 11) is 1.81. The minimum atomic E-state index is -5.08. The number of amides is 1. The number of carboxylic acid groups (broad SMARTS) is 1. The summed E-state index contributed by atoms with van der Waals surface area (Å²) in [6.45, 7) is 8.14. The number of benzene rings is 1. The number of likely N-dealkylation sites (tertiary alicyclic amines) is 2. The van der Waals surface area contributed by atoms with Gasteiger partial charge in [0.15, 0.2) is 0 Å². The summed E-state index contributed by atoms with van der Waals surface area (Å²) in [5, 5.41) is 7.12. The van der Waals surface area contributed by atoms with Crippen LogP contribution in [0.5, 0.6) is 0 Å². The number of rotatable bonds is 5. The summed E-state index contributed by atoms with van der Waals surface area (Å²) in [6.07, 6.45) is -1.17. The molecule has 2 aliphatic heterocycles. The van der Waals surface area contributed by atoms with E-state index in [0.29, 0.717) is 5.92 Å². The molecular formula is C23H31F3N2O4. The quantitative estimate of drug-likeness (QED) is 0.735. The van der Waals surface area contributed by atoms with E-state index in [0.717, 1.165) is 56.3 Å². The van der Waals surface area contributed by atoms with Gasteiger partial charge in [0.25, 0.3) is 5.91 Å². The lowest BCUT2D eigenvalue weighted by Gasteiger charge is -2.30. The zero-order valence-electron chi connectivity index (χ0n) is 18.5. The molecule has 3 aliphatic rings. The number of nitrogens with zero attached hydrogens (tertiary/aromatic N) is 2. The van der Waals surface area contributed by atoms with E-state index in [4.69, 9.17) is 14.6 Å². The molecule has 0 aromatic heterocycles. The molecule has 1 aromatic carbocycles. The fraction of sp³-hybridized carbons (Fsp3) is 0.652. The van der Waals surface area contributed by atoms with E-state index in [1.165, 1.54) is 19.4 Å². The standard InChI is InChI=1S/C21H30N2O2.C2HF3O2/c1-16-4-3-5-18(10-16)20(24)23-9-8-21(15-23)14-22(11-17-6-7-17)12-19(21)13-25-2;3-2(4,5)1(6)7/h3-5,10,17,19H,6-9,11-15H2,1-2H3;(H,6,7)/t19-,21-;/m1./s1. The average Bonchev–Trinajstić information content (AvgIpc) is 3.33. The first-order valence-electron chi connectivity index (χ1n) is 10.9. The number of aryl methyl sites for hydroxylation is 1. The molecule has 2 atom stereocenters. The van der Waals surface area contributed by atoms with Gasteiger partial charge >= 0.3 is 12.1 Å². The topological polar surface area (TPSA) is 70.1 Å². The number of alkyl halides is 3. The number of halogens is 3. The van der Waals surface area contributed by atoms with E-state index in [1.54, 1.807) is 0 Å². The number of carboxylic acids is 1. The third-order valence-electron chi connectivity index (χ3n) is 6.64. The van der Waals surface area contributed by atoms with Gasteiger partial charge in [0, 0.05) is 56.7 Å². The van der Waals surface area contributed by atoms with Crippen molar-refractivity contribution >= 4 is 11.9 Å². The Labute approximate surface area is 186 Å². The van der Waals surface area contributed by atoms with Gasteiger partial charge in [-0.05, 0) is 44.2 Å². The molecule has 0 unspecified atom stereocenters. The second-order valence-corrected chi connectivity index (χ2v) is 9.30. The first-order valence-corrected chi connectivity index (χ1v) is 10.9. The van der Waals surface area contributed by atoms with Crippen LogP contribution in [0.3, 0.4) is 0 Å². The number of methoxy groups -OCH3 is 1. The predicted molar refractivity (Wildman–Crippen MR) is 112 cm³/mol. The molecule has 0 bridgehead atoms. The molecule has 2 heterocycles. The van der Waals surface area contributed by atoms with Crippen molar-refractivity contribution in [2.75, 3.05) is 46.4 Å². The zero-order chi connectivity index (χ0) is 23.5. The summed E-state index contributed by atoms with van der Waals surface area (Å²) in [4.78, 5) is 26.6. The normalized spacial score (nSPS) is 25.7. The van der Waals surface area contributed by atoms with Crippen LogP contribution < -0.4 is 0 Å². The molecule has 0 radical (unpaired) electrons. The van der Waals surface area contributed by atoms with Gasteiger partial charge in [-0.15, -0.1) is 0 Å². The maximum Gasteiger partial charge on any atom is 0.490 e. The van der Waals surface area contributed by atoms with E-state index in [-0.39, 0.29) is 11.3 Å². The largest absolute Gasteiger partial charge is 0.490 e. The van der Waals surface area contributed by atoms with Gasteiger partial charge in [0.2, 0.25) is 0 Å². The second-order valence-electron chi connectivity index (χ2n) is 9.30. The van der Waals surface area contributed by atoms with E-state index < -0.39 is 12.1 Å². The lowest BCUT2D eigenvalue weighted by atomic mass is 9.77. The fourth-order valence-electron chi connectivity index (χ4n) is 4.87. The van der Waals surface area contributed by atoms with Crippen LogP contribution in [0.15, 0.2) is 24.3 Å². The summed E-state index contributed by atoms with van der Waals surface area (Å²) >= 11 is 0. The smallest absolute Gasteiger partial charge is 0.475 e. The van der Waals surface area contributed by atoms with Gasteiger partial charge in [0.1, 0.15) is 0 Å². The van der Waals surface area contributed by atoms with Gasteiger partial charge in [0.05, 0.1) is 6.61 Å². The van der Waals surface area contributed by atoms with Crippen LogP contribution in [0.25, 0.3) is 0 Å². The van der Waals surface area contributed by atoms with Crippen LogP contribution in [0.2, 0.25) is 0 Å². The van der Waals surface area contributed by atoms with Crippen molar-refractivity contribution in [1.29, 1.82) is 0 Å². The van der Waals surface area contributed by atoms with Crippen molar-refractivity contribution in [3.63, 3.8) is 0 Å². The highest BCUT2D eigenvalue weighted by Crippen LogP contribution is 2.45. The molecule has 3 fully saturated rings. The molecule has 1 N–H and O–H groups in total. The molecule has 32 heavy (non-hydrogen) atoms. The van der Waals surface area contributed by atoms with Gasteiger partial charge in [-0.1, -0.05) is 17.7 Å². The molecule has 178 valence electrons. The highest BCUT2D eigenvalue weighted by molar-refractivity contribution is 5.94. The Bertz CT molecular complexity index is 828. The van der Waals surface area contributed by atoms with Crippen molar-refractivity contribution in [3.8, 4) is 0 Å². The SMILES string of the molecule is COC[C@H]1CN(CC2CC2)C[C@@]12CCN(C(=O)c1cccc(C)c1)C2.O=C(O)C(F)(F)F. The number of hydrogen-bond donors (Lipinski definition) is 1. The van der Waals surface area contributed by atoms with Crippen LogP contribution in [0, 0.1) is 24.2 Å². The van der Waals surface area contributed by atoms with Gasteiger partial charge in [-0.3, -0.25) is 4.79 Å². The Morgan fingerprint density at radius 2 is 1.94 bits per heavy atom. The minimum absolute atomic E-state index is 0.192. The van der Waals surface area contributed by atoms with Crippen LogP contribution in [-0.4, -0.2) is 79.4 Å². The van der Waals surface area contributed by atoms with Gasteiger partial charge < -0.3 is 19.6 Å². The summed E-state index contributed by atoms with van der Waals surface area (Å²) < 4.78 is 37.3. The monoisotopic (exact) mass is 456 g/mol. The molecule has 6 nitrogen and oxygen atoms in total. The maximum absolute atomic E-state index is 13.0. The lowest BCUT2D eigenvalue weighted by Crippen LogP contribution is -2.38. The Morgan fingerprint density at radius 1 is 1.25 bits per heavy atom. The molecule has 9 heteroatoms. The molecule has 1 aromatic rings. The van der Waals surface area contributed by atoms with E-state index in [1.807, 2.05) is 38.3 Å². The van der Waals surface area contributed by atoms with Crippen LogP contribution in [-0.2, 0) is 9.53 Å². The van der Waals surface area contributed by atoms with Gasteiger partial charge in [-0.25, -0.2) is 4.79 Å². The maximum atomic E-state index is 13.0. The number of carbonyl (C=O) groups is 2. The van der Waals surface area contributed by atoms with Crippen LogP contribution in [0.4, 0.5) is 13.2 Å². The van der Waals surface area contributed by atoms with Crippen molar-refractivity contribution in [3.05, 3.63) is 35.4 Å². The zero-order valence-corrected chi connectivity index (χ0v) is 18.5. The Balaban J connectivity index is 0.000000360. The Morgan fingerprint density at radius 3 is 2.50 bits per heavy atom. The van der Waals surface area contributed by atoms with E-state index in [9.17, 15) is 18.0 Å². The van der Waals surface area contributed by atoms with Crippen molar-refractivity contribution < 1.29 is 32.6 Å².